The fraction of sp³-hybridized carbons (Fsp3) is 0.579. The smallest absolute Gasteiger partial charge is 0.239 e. The van der Waals surface area contributed by atoms with E-state index in [1.165, 1.54) is 6.42 Å². The molecule has 0 aromatic heterocycles. The Kier molecular flexibility index (Phi) is 7.57. The Hall–Kier alpha value is -2.24. The molecule has 25 heavy (non-hydrogen) atoms. The number of hydrogen-bond donors (Lipinski definition) is 2. The van der Waals surface area contributed by atoms with Gasteiger partial charge in [-0.15, -0.1) is 0 Å². The fourth-order valence-corrected chi connectivity index (χ4v) is 3.15. The predicted molar refractivity (Wildman–Crippen MR) is 95.8 cm³/mol. The fourth-order valence-electron chi connectivity index (χ4n) is 3.15. The lowest BCUT2D eigenvalue weighted by Crippen LogP contribution is -2.40. The third kappa shape index (κ3) is 5.96. The van der Waals surface area contributed by atoms with Crippen LogP contribution in [0.4, 0.5) is 0 Å². The molecule has 0 unspecified atom stereocenters. The second-order valence-corrected chi connectivity index (χ2v) is 6.33. The molecule has 138 valence electrons. The van der Waals surface area contributed by atoms with Crippen molar-refractivity contribution in [2.24, 2.45) is 5.92 Å². The van der Waals surface area contributed by atoms with Crippen molar-refractivity contribution in [2.75, 3.05) is 27.3 Å². The van der Waals surface area contributed by atoms with Crippen LogP contribution in [0.2, 0.25) is 0 Å². The molecule has 6 heteroatoms. The number of carbonyl (C=O) groups excluding carboxylic acids is 2. The zero-order valence-electron chi connectivity index (χ0n) is 15.1. The molecule has 1 aliphatic rings. The number of ether oxygens (including phenoxy) is 2. The van der Waals surface area contributed by atoms with Crippen molar-refractivity contribution in [3.05, 3.63) is 23.8 Å². The van der Waals surface area contributed by atoms with E-state index in [-0.39, 0.29) is 24.3 Å². The third-order valence-electron chi connectivity index (χ3n) is 4.60. The molecule has 0 saturated heterocycles. The summed E-state index contributed by atoms with van der Waals surface area (Å²) in [4.78, 5) is 23.9. The lowest BCUT2D eigenvalue weighted by molar-refractivity contribution is -0.129. The Bertz CT molecular complexity index is 583. The third-order valence-corrected chi connectivity index (χ3v) is 4.60. The number of rotatable bonds is 8. The summed E-state index contributed by atoms with van der Waals surface area (Å²) in [6.07, 6.45) is 5.91. The largest absolute Gasteiger partial charge is 0.497 e. The Balaban J connectivity index is 1.72. The molecule has 0 heterocycles. The second-order valence-electron chi connectivity index (χ2n) is 6.33. The Labute approximate surface area is 149 Å². The number of amides is 2. The topological polar surface area (TPSA) is 76.7 Å². The van der Waals surface area contributed by atoms with Gasteiger partial charge in [-0.25, -0.2) is 0 Å². The molecular formula is C19H28N2O4. The van der Waals surface area contributed by atoms with E-state index in [9.17, 15) is 9.59 Å². The average Bonchev–Trinajstić information content (AvgIpc) is 2.66. The zero-order valence-corrected chi connectivity index (χ0v) is 15.1. The highest BCUT2D eigenvalue weighted by atomic mass is 16.5. The number of nitrogens with one attached hydrogen (secondary N) is 2. The first kappa shape index (κ1) is 19.1. The van der Waals surface area contributed by atoms with E-state index in [0.717, 1.165) is 42.7 Å². The second kappa shape index (κ2) is 9.91. The van der Waals surface area contributed by atoms with Crippen molar-refractivity contribution < 1.29 is 19.1 Å². The van der Waals surface area contributed by atoms with Gasteiger partial charge in [0.1, 0.15) is 11.5 Å². The van der Waals surface area contributed by atoms with E-state index < -0.39 is 0 Å². The molecule has 1 aromatic carbocycles. The van der Waals surface area contributed by atoms with Crippen LogP contribution in [-0.2, 0) is 16.0 Å². The summed E-state index contributed by atoms with van der Waals surface area (Å²) in [5.41, 5.74) is 0.966. The molecule has 0 spiro atoms. The standard InChI is InChI=1S/C19H28N2O4/c1-24-16-8-9-17(25-2)15(12-16)10-11-20-18(22)13-21-19(23)14-6-4-3-5-7-14/h8-9,12,14H,3-7,10-11,13H2,1-2H3,(H,20,22)(H,21,23). The molecule has 0 radical (unpaired) electrons. The van der Waals surface area contributed by atoms with Gasteiger partial charge in [-0.3, -0.25) is 9.59 Å². The summed E-state index contributed by atoms with van der Waals surface area (Å²) >= 11 is 0. The quantitative estimate of drug-likeness (QED) is 0.754. The molecule has 1 aromatic rings. The number of benzene rings is 1. The number of hydrogen-bond acceptors (Lipinski definition) is 4. The lowest BCUT2D eigenvalue weighted by Gasteiger charge is -2.20. The minimum atomic E-state index is -0.175. The van der Waals surface area contributed by atoms with E-state index in [4.69, 9.17) is 9.47 Å². The van der Waals surface area contributed by atoms with Crippen LogP contribution in [0.1, 0.15) is 37.7 Å². The molecule has 2 rings (SSSR count). The van der Waals surface area contributed by atoms with Crippen molar-refractivity contribution in [2.45, 2.75) is 38.5 Å². The van der Waals surface area contributed by atoms with Crippen molar-refractivity contribution in [1.82, 2.24) is 10.6 Å². The van der Waals surface area contributed by atoms with Crippen LogP contribution >= 0.6 is 0 Å². The summed E-state index contributed by atoms with van der Waals surface area (Å²) in [5, 5.41) is 5.57. The monoisotopic (exact) mass is 348 g/mol. The van der Waals surface area contributed by atoms with Crippen molar-refractivity contribution in [1.29, 1.82) is 0 Å². The Morgan fingerprint density at radius 2 is 1.84 bits per heavy atom. The van der Waals surface area contributed by atoms with Crippen LogP contribution in [0.3, 0.4) is 0 Å². The minimum Gasteiger partial charge on any atom is -0.497 e. The highest BCUT2D eigenvalue weighted by molar-refractivity contribution is 5.85. The van der Waals surface area contributed by atoms with Gasteiger partial charge in [-0.1, -0.05) is 19.3 Å². The zero-order chi connectivity index (χ0) is 18.1. The molecule has 0 bridgehead atoms. The summed E-state index contributed by atoms with van der Waals surface area (Å²) in [6.45, 7) is 0.506. The molecule has 1 fully saturated rings. The molecule has 1 aliphatic carbocycles. The maximum Gasteiger partial charge on any atom is 0.239 e. The van der Waals surface area contributed by atoms with Crippen LogP contribution in [-0.4, -0.2) is 39.1 Å². The first-order valence-corrected chi connectivity index (χ1v) is 8.89. The van der Waals surface area contributed by atoms with Gasteiger partial charge in [-0.05, 0) is 43.0 Å². The average molecular weight is 348 g/mol. The van der Waals surface area contributed by atoms with Gasteiger partial charge < -0.3 is 20.1 Å². The van der Waals surface area contributed by atoms with E-state index >= 15 is 0 Å². The van der Waals surface area contributed by atoms with Gasteiger partial charge in [0, 0.05) is 12.5 Å². The van der Waals surface area contributed by atoms with Crippen LogP contribution in [0, 0.1) is 5.92 Å². The van der Waals surface area contributed by atoms with E-state index in [0.29, 0.717) is 13.0 Å². The van der Waals surface area contributed by atoms with Crippen LogP contribution in [0.5, 0.6) is 11.5 Å². The van der Waals surface area contributed by atoms with E-state index in [1.54, 1.807) is 14.2 Å². The highest BCUT2D eigenvalue weighted by Gasteiger charge is 2.21. The summed E-state index contributed by atoms with van der Waals surface area (Å²) in [6, 6.07) is 5.58. The first-order valence-electron chi connectivity index (χ1n) is 8.89. The Morgan fingerprint density at radius 1 is 1.08 bits per heavy atom. The van der Waals surface area contributed by atoms with Crippen LogP contribution < -0.4 is 20.1 Å². The summed E-state index contributed by atoms with van der Waals surface area (Å²) in [5.74, 6) is 1.42. The van der Waals surface area contributed by atoms with Crippen molar-refractivity contribution in [3.63, 3.8) is 0 Å². The molecule has 2 N–H and O–H groups in total. The number of carbonyl (C=O) groups is 2. The predicted octanol–water partition coefficient (Wildman–Crippen LogP) is 2.06. The lowest BCUT2D eigenvalue weighted by atomic mass is 9.89. The molecule has 6 nitrogen and oxygen atoms in total. The molecule has 0 atom stereocenters. The van der Waals surface area contributed by atoms with Crippen molar-refractivity contribution in [3.8, 4) is 11.5 Å². The van der Waals surface area contributed by atoms with Gasteiger partial charge >= 0.3 is 0 Å². The van der Waals surface area contributed by atoms with Gasteiger partial charge in [0.15, 0.2) is 0 Å². The molecule has 0 aliphatic heterocycles. The van der Waals surface area contributed by atoms with Gasteiger partial charge in [0.05, 0.1) is 20.8 Å². The van der Waals surface area contributed by atoms with Gasteiger partial charge in [-0.2, -0.15) is 0 Å². The molecule has 2 amide bonds. The van der Waals surface area contributed by atoms with E-state index in [1.807, 2.05) is 18.2 Å². The van der Waals surface area contributed by atoms with Crippen molar-refractivity contribution >= 4 is 11.8 Å². The summed E-state index contributed by atoms with van der Waals surface area (Å²) < 4.78 is 10.5. The van der Waals surface area contributed by atoms with Gasteiger partial charge in [0.25, 0.3) is 0 Å². The molecule has 1 saturated carbocycles. The van der Waals surface area contributed by atoms with Crippen LogP contribution in [0.15, 0.2) is 18.2 Å². The van der Waals surface area contributed by atoms with E-state index in [2.05, 4.69) is 10.6 Å². The SMILES string of the molecule is COc1ccc(OC)c(CCNC(=O)CNC(=O)C2CCCCC2)c1. The highest BCUT2D eigenvalue weighted by Crippen LogP contribution is 2.24. The number of methoxy groups -OCH3 is 2. The molecular weight excluding hydrogens is 320 g/mol. The maximum atomic E-state index is 12.0. The summed E-state index contributed by atoms with van der Waals surface area (Å²) in [7, 11) is 3.23. The van der Waals surface area contributed by atoms with Crippen LogP contribution in [0.25, 0.3) is 0 Å². The maximum absolute atomic E-state index is 12.0. The van der Waals surface area contributed by atoms with Gasteiger partial charge in [0.2, 0.25) is 11.8 Å². The minimum absolute atomic E-state index is 0.00400. The normalized spacial score (nSPS) is 14.6. The Morgan fingerprint density at radius 3 is 2.52 bits per heavy atom. The first-order chi connectivity index (χ1) is 12.1.